The molecule has 3 nitrogen and oxygen atoms in total. The van der Waals surface area contributed by atoms with Crippen molar-refractivity contribution in [2.75, 3.05) is 0 Å². The molecule has 0 amide bonds. The predicted molar refractivity (Wildman–Crippen MR) is 47.9 cm³/mol. The number of nitrogens with zero attached hydrogens (tertiary/aromatic N) is 1. The van der Waals surface area contributed by atoms with Crippen molar-refractivity contribution in [2.45, 2.75) is 31.8 Å². The highest BCUT2D eigenvalue weighted by Gasteiger charge is 2.16. The van der Waals surface area contributed by atoms with Crippen LogP contribution in [0.4, 0.5) is 0 Å². The van der Waals surface area contributed by atoms with Gasteiger partial charge in [-0.3, -0.25) is 0 Å². The third-order valence-corrected chi connectivity index (χ3v) is 2.44. The van der Waals surface area contributed by atoms with Crippen molar-refractivity contribution in [1.82, 2.24) is 5.32 Å². The molecule has 0 unspecified atom stereocenters. The van der Waals surface area contributed by atoms with Crippen LogP contribution < -0.4 is 5.32 Å². The molecule has 2 rings (SSSR count). The van der Waals surface area contributed by atoms with E-state index in [1.165, 1.54) is 19.3 Å². The Balaban J connectivity index is 1.83. The van der Waals surface area contributed by atoms with Gasteiger partial charge < -0.3 is 9.73 Å². The first kappa shape index (κ1) is 8.33. The van der Waals surface area contributed by atoms with Gasteiger partial charge in [-0.2, -0.15) is 5.26 Å². The minimum absolute atomic E-state index is 0.394. The van der Waals surface area contributed by atoms with E-state index in [-0.39, 0.29) is 0 Å². The maximum absolute atomic E-state index is 8.52. The van der Waals surface area contributed by atoms with Crippen LogP contribution in [0.25, 0.3) is 0 Å². The SMILES string of the molecule is N#Cc1ccc(CNC2CCC2)o1. The fraction of sp³-hybridized carbons (Fsp3) is 0.500. The molecule has 1 aromatic rings. The van der Waals surface area contributed by atoms with E-state index in [0.717, 1.165) is 12.3 Å². The lowest BCUT2D eigenvalue weighted by atomic mass is 9.93. The zero-order valence-corrected chi connectivity index (χ0v) is 7.42. The number of hydrogen-bond donors (Lipinski definition) is 1. The molecule has 1 fully saturated rings. The second-order valence-corrected chi connectivity index (χ2v) is 3.39. The lowest BCUT2D eigenvalue weighted by Gasteiger charge is -2.25. The highest BCUT2D eigenvalue weighted by Crippen LogP contribution is 2.18. The summed E-state index contributed by atoms with van der Waals surface area (Å²) in [7, 11) is 0. The van der Waals surface area contributed by atoms with E-state index in [2.05, 4.69) is 5.32 Å². The van der Waals surface area contributed by atoms with Gasteiger partial charge in [-0.1, -0.05) is 6.42 Å². The van der Waals surface area contributed by atoms with Crippen LogP contribution in [0.5, 0.6) is 0 Å². The molecule has 0 aromatic carbocycles. The lowest BCUT2D eigenvalue weighted by Crippen LogP contribution is -2.34. The van der Waals surface area contributed by atoms with Crippen LogP contribution in [-0.4, -0.2) is 6.04 Å². The fourth-order valence-corrected chi connectivity index (χ4v) is 1.39. The van der Waals surface area contributed by atoms with E-state index in [1.54, 1.807) is 6.07 Å². The molecule has 0 saturated heterocycles. The van der Waals surface area contributed by atoms with Crippen molar-refractivity contribution in [2.24, 2.45) is 0 Å². The number of nitrogens with one attached hydrogen (secondary N) is 1. The molecular weight excluding hydrogens is 164 g/mol. The summed E-state index contributed by atoms with van der Waals surface area (Å²) in [6.45, 7) is 0.742. The number of rotatable bonds is 3. The average Bonchev–Trinajstić information content (AvgIpc) is 2.49. The van der Waals surface area contributed by atoms with E-state index in [9.17, 15) is 0 Å². The Morgan fingerprint density at radius 2 is 2.38 bits per heavy atom. The summed E-state index contributed by atoms with van der Waals surface area (Å²) in [6, 6.07) is 6.19. The quantitative estimate of drug-likeness (QED) is 0.763. The molecule has 0 aliphatic heterocycles. The van der Waals surface area contributed by atoms with Gasteiger partial charge in [0.1, 0.15) is 11.8 Å². The summed E-state index contributed by atoms with van der Waals surface area (Å²) < 4.78 is 5.23. The minimum Gasteiger partial charge on any atom is -0.449 e. The molecule has 0 bridgehead atoms. The Hall–Kier alpha value is -1.27. The Labute approximate surface area is 77.4 Å². The molecule has 68 valence electrons. The normalized spacial score (nSPS) is 16.5. The Kier molecular flexibility index (Phi) is 2.33. The Morgan fingerprint density at radius 3 is 2.92 bits per heavy atom. The molecule has 1 aliphatic rings. The zero-order valence-electron chi connectivity index (χ0n) is 7.42. The molecular formula is C10H12N2O. The average molecular weight is 176 g/mol. The van der Waals surface area contributed by atoms with Gasteiger partial charge in [-0.25, -0.2) is 0 Å². The molecule has 0 spiro atoms. The monoisotopic (exact) mass is 176 g/mol. The molecule has 1 saturated carbocycles. The molecule has 1 N–H and O–H groups in total. The smallest absolute Gasteiger partial charge is 0.203 e. The van der Waals surface area contributed by atoms with Crippen molar-refractivity contribution in [1.29, 1.82) is 5.26 Å². The summed E-state index contributed by atoms with van der Waals surface area (Å²) in [4.78, 5) is 0. The number of furan rings is 1. The Bertz CT molecular complexity index is 320. The van der Waals surface area contributed by atoms with E-state index >= 15 is 0 Å². The van der Waals surface area contributed by atoms with Gasteiger partial charge >= 0.3 is 0 Å². The van der Waals surface area contributed by atoms with Crippen LogP contribution >= 0.6 is 0 Å². The van der Waals surface area contributed by atoms with Crippen LogP contribution in [0.15, 0.2) is 16.5 Å². The van der Waals surface area contributed by atoms with E-state index < -0.39 is 0 Å². The van der Waals surface area contributed by atoms with Gasteiger partial charge in [-0.15, -0.1) is 0 Å². The van der Waals surface area contributed by atoms with Gasteiger partial charge in [0.25, 0.3) is 0 Å². The molecule has 0 atom stereocenters. The molecule has 3 heteroatoms. The lowest BCUT2D eigenvalue weighted by molar-refractivity contribution is 0.324. The standard InChI is InChI=1S/C10H12N2O/c11-6-9-4-5-10(13-9)7-12-8-2-1-3-8/h4-5,8,12H,1-3,7H2. The van der Waals surface area contributed by atoms with Crippen LogP contribution in [-0.2, 0) is 6.54 Å². The van der Waals surface area contributed by atoms with Gasteiger partial charge in [0.05, 0.1) is 6.54 Å². The summed E-state index contributed by atoms with van der Waals surface area (Å²) in [5, 5.41) is 11.9. The van der Waals surface area contributed by atoms with Crippen LogP contribution in [0.1, 0.15) is 30.8 Å². The van der Waals surface area contributed by atoms with E-state index in [4.69, 9.17) is 9.68 Å². The van der Waals surface area contributed by atoms with Gasteiger partial charge in [0.15, 0.2) is 0 Å². The third kappa shape index (κ3) is 1.90. The second kappa shape index (κ2) is 3.63. The third-order valence-electron chi connectivity index (χ3n) is 2.44. The van der Waals surface area contributed by atoms with Crippen LogP contribution in [0.2, 0.25) is 0 Å². The highest BCUT2D eigenvalue weighted by molar-refractivity contribution is 5.18. The van der Waals surface area contributed by atoms with Gasteiger partial charge in [0.2, 0.25) is 5.76 Å². The van der Waals surface area contributed by atoms with Gasteiger partial charge in [0, 0.05) is 6.04 Å². The van der Waals surface area contributed by atoms with E-state index in [1.807, 2.05) is 12.1 Å². The maximum Gasteiger partial charge on any atom is 0.203 e. The van der Waals surface area contributed by atoms with Crippen molar-refractivity contribution in [3.05, 3.63) is 23.7 Å². The summed E-state index contributed by atoms with van der Waals surface area (Å²) >= 11 is 0. The van der Waals surface area contributed by atoms with E-state index in [0.29, 0.717) is 11.8 Å². The zero-order chi connectivity index (χ0) is 9.10. The molecule has 1 aliphatic carbocycles. The molecule has 13 heavy (non-hydrogen) atoms. The first-order valence-corrected chi connectivity index (χ1v) is 4.60. The number of nitriles is 1. The fourth-order valence-electron chi connectivity index (χ4n) is 1.39. The minimum atomic E-state index is 0.394. The first-order valence-electron chi connectivity index (χ1n) is 4.60. The van der Waals surface area contributed by atoms with Crippen LogP contribution in [0, 0.1) is 11.3 Å². The largest absolute Gasteiger partial charge is 0.449 e. The van der Waals surface area contributed by atoms with Crippen LogP contribution in [0.3, 0.4) is 0 Å². The van der Waals surface area contributed by atoms with Gasteiger partial charge in [-0.05, 0) is 25.0 Å². The Morgan fingerprint density at radius 1 is 1.54 bits per heavy atom. The summed E-state index contributed by atoms with van der Waals surface area (Å²) in [5.41, 5.74) is 0. The molecule has 0 radical (unpaired) electrons. The van der Waals surface area contributed by atoms with Crippen molar-refractivity contribution >= 4 is 0 Å². The summed E-state index contributed by atoms with van der Waals surface area (Å²) in [6.07, 6.45) is 3.87. The second-order valence-electron chi connectivity index (χ2n) is 3.39. The molecule has 1 aromatic heterocycles. The first-order chi connectivity index (χ1) is 6.38. The van der Waals surface area contributed by atoms with Crippen molar-refractivity contribution in [3.8, 4) is 6.07 Å². The topological polar surface area (TPSA) is 49.0 Å². The highest BCUT2D eigenvalue weighted by atomic mass is 16.3. The number of hydrogen-bond acceptors (Lipinski definition) is 3. The molecule has 1 heterocycles. The summed E-state index contributed by atoms with van der Waals surface area (Å²) in [5.74, 6) is 1.24. The maximum atomic E-state index is 8.52. The van der Waals surface area contributed by atoms with Crippen molar-refractivity contribution in [3.63, 3.8) is 0 Å². The predicted octanol–water partition coefficient (Wildman–Crippen LogP) is 1.79. The van der Waals surface area contributed by atoms with Crippen molar-refractivity contribution < 1.29 is 4.42 Å².